The van der Waals surface area contributed by atoms with E-state index in [9.17, 15) is 5.26 Å². The van der Waals surface area contributed by atoms with Crippen LogP contribution in [0.3, 0.4) is 0 Å². The van der Waals surface area contributed by atoms with Crippen LogP contribution < -0.4 is 0 Å². The fraction of sp³-hybridized carbons (Fsp3) is 0.360. The Balaban J connectivity index is 2.39. The second-order valence-electron chi connectivity index (χ2n) is 8.74. The summed E-state index contributed by atoms with van der Waals surface area (Å²) in [4.78, 5) is 0. The molecule has 1 saturated carbocycles. The Morgan fingerprint density at radius 3 is 1.69 bits per heavy atom. The molecule has 2 aromatic carbocycles. The van der Waals surface area contributed by atoms with Crippen LogP contribution in [0.4, 0.5) is 0 Å². The van der Waals surface area contributed by atoms with Gasteiger partial charge in [-0.2, -0.15) is 5.26 Å². The summed E-state index contributed by atoms with van der Waals surface area (Å²) in [7, 11) is 0. The maximum Gasteiger partial charge on any atom is 0.0839 e. The van der Waals surface area contributed by atoms with Gasteiger partial charge >= 0.3 is 0 Å². The third kappa shape index (κ3) is 2.92. The van der Waals surface area contributed by atoms with E-state index in [2.05, 4.69) is 95.0 Å². The number of nitriles is 1. The van der Waals surface area contributed by atoms with Gasteiger partial charge in [0.15, 0.2) is 0 Å². The maximum atomic E-state index is 9.99. The highest BCUT2D eigenvalue weighted by atomic mass is 14.6. The van der Waals surface area contributed by atoms with Gasteiger partial charge in [0.2, 0.25) is 0 Å². The smallest absolute Gasteiger partial charge is 0.0839 e. The van der Waals surface area contributed by atoms with Gasteiger partial charge in [-0.1, -0.05) is 88.4 Å². The van der Waals surface area contributed by atoms with Gasteiger partial charge in [-0.05, 0) is 40.9 Å². The summed E-state index contributed by atoms with van der Waals surface area (Å²) in [5, 5.41) is 9.99. The Kier molecular flexibility index (Phi) is 4.43. The zero-order valence-corrected chi connectivity index (χ0v) is 16.4. The van der Waals surface area contributed by atoms with E-state index in [1.54, 1.807) is 0 Å². The molecule has 1 aliphatic carbocycles. The number of benzene rings is 2. The first-order valence-corrected chi connectivity index (χ1v) is 9.25. The zero-order valence-electron chi connectivity index (χ0n) is 16.4. The fourth-order valence-corrected chi connectivity index (χ4v) is 4.26. The predicted molar refractivity (Wildman–Crippen MR) is 108 cm³/mol. The largest absolute Gasteiger partial charge is 0.197 e. The lowest BCUT2D eigenvalue weighted by molar-refractivity contribution is 0.183. The first-order chi connectivity index (χ1) is 12.2. The first kappa shape index (κ1) is 18.2. The number of nitrogens with zero attached hydrogens (tertiary/aromatic N) is 1. The molecule has 0 N–H and O–H groups in total. The molecule has 0 aromatic heterocycles. The highest BCUT2D eigenvalue weighted by Gasteiger charge is 2.56. The number of hydrogen-bond acceptors (Lipinski definition) is 1. The predicted octanol–water partition coefficient (Wildman–Crippen LogP) is 6.63. The van der Waals surface area contributed by atoms with Crippen molar-refractivity contribution in [2.45, 2.75) is 41.0 Å². The van der Waals surface area contributed by atoms with E-state index < -0.39 is 5.41 Å². The van der Waals surface area contributed by atoms with Crippen molar-refractivity contribution in [2.75, 3.05) is 0 Å². The van der Waals surface area contributed by atoms with Crippen LogP contribution in [0.25, 0.3) is 5.57 Å². The minimum atomic E-state index is -0.498. The van der Waals surface area contributed by atoms with Gasteiger partial charge in [-0.25, -0.2) is 0 Å². The van der Waals surface area contributed by atoms with E-state index in [0.717, 1.165) is 28.7 Å². The second-order valence-corrected chi connectivity index (χ2v) is 8.74. The molecule has 1 nitrogen and oxygen atoms in total. The molecule has 0 aliphatic heterocycles. The van der Waals surface area contributed by atoms with Gasteiger partial charge in [-0.3, -0.25) is 0 Å². The average molecular weight is 341 g/mol. The van der Waals surface area contributed by atoms with Crippen LogP contribution in [-0.2, 0) is 0 Å². The molecule has 1 fully saturated rings. The monoisotopic (exact) mass is 341 g/mol. The number of hydrogen-bond donors (Lipinski definition) is 0. The summed E-state index contributed by atoms with van der Waals surface area (Å²) >= 11 is 0. The van der Waals surface area contributed by atoms with Crippen LogP contribution in [0.15, 0.2) is 72.0 Å². The van der Waals surface area contributed by atoms with Crippen LogP contribution in [0.5, 0.6) is 0 Å². The van der Waals surface area contributed by atoms with Crippen LogP contribution in [0.2, 0.25) is 0 Å². The van der Waals surface area contributed by atoms with Gasteiger partial charge in [0.25, 0.3) is 0 Å². The fourth-order valence-electron chi connectivity index (χ4n) is 4.26. The molecular formula is C25H27N. The topological polar surface area (TPSA) is 23.8 Å². The van der Waals surface area contributed by atoms with Crippen LogP contribution in [0.1, 0.15) is 52.2 Å². The van der Waals surface area contributed by atoms with Crippen molar-refractivity contribution < 1.29 is 0 Å². The normalized spacial score (nSPS) is 23.2. The molecule has 3 rings (SSSR count). The number of rotatable bonds is 2. The highest BCUT2D eigenvalue weighted by molar-refractivity contribution is 5.80. The minimum absolute atomic E-state index is 0.0400. The van der Waals surface area contributed by atoms with E-state index in [-0.39, 0.29) is 10.8 Å². The molecule has 0 radical (unpaired) electrons. The minimum Gasteiger partial charge on any atom is -0.197 e. The maximum absolute atomic E-state index is 9.99. The van der Waals surface area contributed by atoms with Crippen molar-refractivity contribution in [3.8, 4) is 6.07 Å². The Bertz CT molecular complexity index is 862. The van der Waals surface area contributed by atoms with Gasteiger partial charge in [-0.15, -0.1) is 5.73 Å². The molecule has 26 heavy (non-hydrogen) atoms. The van der Waals surface area contributed by atoms with Crippen molar-refractivity contribution >= 4 is 5.57 Å². The third-order valence-electron chi connectivity index (χ3n) is 6.29. The molecule has 132 valence electrons. The summed E-state index contributed by atoms with van der Waals surface area (Å²) in [5.41, 5.74) is 7.62. The van der Waals surface area contributed by atoms with Crippen molar-refractivity contribution in [1.29, 1.82) is 5.26 Å². The molecular weight excluding hydrogens is 314 g/mol. The van der Waals surface area contributed by atoms with Crippen LogP contribution in [-0.4, -0.2) is 0 Å². The second kappa shape index (κ2) is 6.31. The van der Waals surface area contributed by atoms with E-state index in [4.69, 9.17) is 0 Å². The molecule has 0 spiro atoms. The van der Waals surface area contributed by atoms with Crippen molar-refractivity contribution in [3.63, 3.8) is 0 Å². The first-order valence-electron chi connectivity index (χ1n) is 9.25. The zero-order chi connectivity index (χ0) is 19.0. The highest BCUT2D eigenvalue weighted by Crippen LogP contribution is 2.63. The lowest BCUT2D eigenvalue weighted by Crippen LogP contribution is -2.27. The van der Waals surface area contributed by atoms with Crippen molar-refractivity contribution in [2.24, 2.45) is 16.2 Å². The van der Waals surface area contributed by atoms with Crippen LogP contribution in [0, 0.1) is 27.6 Å². The van der Waals surface area contributed by atoms with Gasteiger partial charge < -0.3 is 0 Å². The van der Waals surface area contributed by atoms with Gasteiger partial charge in [0, 0.05) is 5.57 Å². The quantitative estimate of drug-likeness (QED) is 0.562. The summed E-state index contributed by atoms with van der Waals surface area (Å²) in [5.74, 6) is 0. The molecule has 0 heterocycles. The Labute approximate surface area is 157 Å². The summed E-state index contributed by atoms with van der Waals surface area (Å²) in [6.07, 6.45) is 0.850. The van der Waals surface area contributed by atoms with Crippen molar-refractivity contribution in [3.05, 3.63) is 83.1 Å². The Morgan fingerprint density at radius 2 is 1.27 bits per heavy atom. The molecule has 0 bridgehead atoms. The Hall–Kier alpha value is -2.55. The molecule has 1 unspecified atom stereocenters. The van der Waals surface area contributed by atoms with E-state index in [1.807, 2.05) is 12.1 Å². The lowest BCUT2D eigenvalue weighted by Gasteiger charge is -2.35. The van der Waals surface area contributed by atoms with Crippen molar-refractivity contribution in [1.82, 2.24) is 0 Å². The average Bonchev–Trinajstić information content (AvgIpc) is 2.76. The molecule has 1 atom stereocenters. The lowest BCUT2D eigenvalue weighted by atomic mass is 9.69. The molecule has 2 aromatic rings. The summed E-state index contributed by atoms with van der Waals surface area (Å²) in [6.45, 7) is 11.1. The molecule has 0 amide bonds. The van der Waals surface area contributed by atoms with Crippen LogP contribution >= 0.6 is 0 Å². The van der Waals surface area contributed by atoms with E-state index >= 15 is 0 Å². The Morgan fingerprint density at radius 1 is 0.808 bits per heavy atom. The SMILES string of the molecule is CC1(C#N)CC(C)(C)C(C)(C)C1=C=C(c1ccccc1)c1ccccc1. The summed E-state index contributed by atoms with van der Waals surface area (Å²) < 4.78 is 0. The van der Waals surface area contributed by atoms with E-state index in [1.165, 1.54) is 0 Å². The number of allylic oxidation sites excluding steroid dienone is 1. The third-order valence-corrected chi connectivity index (χ3v) is 6.29. The van der Waals surface area contributed by atoms with E-state index in [0.29, 0.717) is 0 Å². The summed E-state index contributed by atoms with van der Waals surface area (Å²) in [6, 6.07) is 23.3. The van der Waals surface area contributed by atoms with Gasteiger partial charge in [0.05, 0.1) is 11.5 Å². The molecule has 1 aliphatic rings. The standard InChI is InChI=1S/C25H27N/c1-23(2)17-25(5,18-26)22(24(23,3)4)16-21(19-12-8-6-9-13-19)20-14-10-7-11-15-20/h6-15H,17H2,1-5H3. The molecule has 0 saturated heterocycles. The molecule has 1 heteroatoms. The van der Waals surface area contributed by atoms with Gasteiger partial charge in [0.1, 0.15) is 0 Å².